The fourth-order valence-electron chi connectivity index (χ4n) is 4.54. The molecule has 1 aromatic carbocycles. The van der Waals surface area contributed by atoms with E-state index in [1.165, 1.54) is 18.1 Å². The number of anilines is 2. The summed E-state index contributed by atoms with van der Waals surface area (Å²) in [6.07, 6.45) is 15.9. The van der Waals surface area contributed by atoms with Gasteiger partial charge in [0.1, 0.15) is 5.82 Å². The van der Waals surface area contributed by atoms with Crippen molar-refractivity contribution < 1.29 is 4.39 Å². The van der Waals surface area contributed by atoms with Crippen LogP contribution in [0, 0.1) is 23.6 Å². The van der Waals surface area contributed by atoms with Crippen LogP contribution in [-0.2, 0) is 0 Å². The molecule has 4 atom stereocenters. The first kappa shape index (κ1) is 24.7. The maximum atomic E-state index is 14.4. The van der Waals surface area contributed by atoms with Crippen LogP contribution in [0.5, 0.6) is 0 Å². The first-order chi connectivity index (χ1) is 14.9. The Morgan fingerprint density at radius 1 is 1.16 bits per heavy atom. The van der Waals surface area contributed by atoms with Gasteiger partial charge in [-0.1, -0.05) is 71.6 Å². The van der Waals surface area contributed by atoms with Crippen molar-refractivity contribution >= 4 is 17.5 Å². The third-order valence-electron chi connectivity index (χ3n) is 6.10. The highest BCUT2D eigenvalue weighted by molar-refractivity contribution is 5.83. The van der Waals surface area contributed by atoms with Crippen LogP contribution in [0.3, 0.4) is 0 Å². The SMILES string of the molecule is C=C/C=C1\C(C=CC)CC(C)CCC(C)C1Nc1ccc(F)c2c1C=CC(=C)N2.CC. The van der Waals surface area contributed by atoms with Crippen LogP contribution in [0.1, 0.15) is 59.4 Å². The Morgan fingerprint density at radius 2 is 1.90 bits per heavy atom. The van der Waals surface area contributed by atoms with Crippen molar-refractivity contribution in [1.29, 1.82) is 0 Å². The lowest BCUT2D eigenvalue weighted by Gasteiger charge is -2.37. The molecule has 1 aliphatic heterocycles. The molecule has 0 spiro atoms. The van der Waals surface area contributed by atoms with Crippen LogP contribution in [0.25, 0.3) is 6.08 Å². The minimum atomic E-state index is -0.260. The van der Waals surface area contributed by atoms with Crippen LogP contribution in [0.15, 0.2) is 66.9 Å². The average molecular weight is 423 g/mol. The lowest BCUT2D eigenvalue weighted by Crippen LogP contribution is -2.35. The molecule has 0 saturated heterocycles. The zero-order valence-electron chi connectivity index (χ0n) is 19.8. The van der Waals surface area contributed by atoms with Gasteiger partial charge in [0.05, 0.1) is 11.7 Å². The zero-order valence-corrected chi connectivity index (χ0v) is 19.8. The van der Waals surface area contributed by atoms with Gasteiger partial charge < -0.3 is 10.6 Å². The molecular weight excluding hydrogens is 383 g/mol. The van der Waals surface area contributed by atoms with E-state index < -0.39 is 0 Å². The Hall–Kier alpha value is -2.55. The van der Waals surface area contributed by atoms with Gasteiger partial charge in [0.25, 0.3) is 0 Å². The lowest BCUT2D eigenvalue weighted by atomic mass is 9.75. The summed E-state index contributed by atoms with van der Waals surface area (Å²) in [5.41, 5.74) is 4.33. The fraction of sp³-hybridized carbons (Fsp3) is 0.429. The molecule has 2 N–H and O–H groups in total. The van der Waals surface area contributed by atoms with E-state index in [0.29, 0.717) is 29.1 Å². The minimum absolute atomic E-state index is 0.162. The standard InChI is InChI=1S/C26H33FN2.C2H6/c1-6-8-20-16-17(3)10-11-18(4)25(21(20)9-7-2)29-24-15-14-23(27)26-22(24)13-12-19(5)28-26;1-2/h6-9,12-15,17-18,20,25,28-29H,2,5,10-11,16H2,1,3-4H3;1-2H3/b8-6?,21-9+;. The summed E-state index contributed by atoms with van der Waals surface area (Å²) in [7, 11) is 0. The van der Waals surface area contributed by atoms with Crippen LogP contribution in [-0.4, -0.2) is 6.04 Å². The molecule has 1 fully saturated rings. The summed E-state index contributed by atoms with van der Waals surface area (Å²) >= 11 is 0. The Bertz CT molecular complexity index is 862. The van der Waals surface area contributed by atoms with Gasteiger partial charge in [0.15, 0.2) is 0 Å². The van der Waals surface area contributed by atoms with E-state index in [4.69, 9.17) is 0 Å². The number of halogens is 1. The van der Waals surface area contributed by atoms with Gasteiger partial charge in [-0.15, -0.1) is 0 Å². The molecule has 3 heteroatoms. The quantitative estimate of drug-likeness (QED) is 0.476. The molecule has 0 amide bonds. The third-order valence-corrected chi connectivity index (χ3v) is 6.10. The van der Waals surface area contributed by atoms with Gasteiger partial charge in [-0.2, -0.15) is 0 Å². The molecule has 4 unspecified atom stereocenters. The molecule has 1 heterocycles. The van der Waals surface area contributed by atoms with Crippen LogP contribution < -0.4 is 10.6 Å². The van der Waals surface area contributed by atoms with Crippen LogP contribution >= 0.6 is 0 Å². The Morgan fingerprint density at radius 3 is 2.58 bits per heavy atom. The molecule has 168 valence electrons. The zero-order chi connectivity index (χ0) is 23.0. The number of fused-ring (bicyclic) bond motifs is 1. The summed E-state index contributed by atoms with van der Waals surface area (Å²) in [5.74, 6) is 1.25. The lowest BCUT2D eigenvalue weighted by molar-refractivity contribution is 0.336. The topological polar surface area (TPSA) is 24.1 Å². The molecule has 1 aromatic rings. The molecule has 0 aromatic heterocycles. The molecular formula is C28H39FN2. The molecule has 0 radical (unpaired) electrons. The first-order valence-corrected chi connectivity index (χ1v) is 11.6. The number of benzene rings is 1. The molecule has 2 nitrogen and oxygen atoms in total. The average Bonchev–Trinajstić information content (AvgIpc) is 2.76. The van der Waals surface area contributed by atoms with Crippen molar-refractivity contribution in [1.82, 2.24) is 0 Å². The Kier molecular flexibility index (Phi) is 9.36. The molecule has 0 bridgehead atoms. The predicted octanol–water partition coefficient (Wildman–Crippen LogP) is 8.35. The van der Waals surface area contributed by atoms with Gasteiger partial charge in [0, 0.05) is 22.9 Å². The number of nitrogens with one attached hydrogen (secondary N) is 2. The van der Waals surface area contributed by atoms with Crippen molar-refractivity contribution in [3.8, 4) is 0 Å². The van der Waals surface area contributed by atoms with Gasteiger partial charge >= 0.3 is 0 Å². The smallest absolute Gasteiger partial charge is 0.147 e. The van der Waals surface area contributed by atoms with E-state index in [1.54, 1.807) is 0 Å². The van der Waals surface area contributed by atoms with E-state index >= 15 is 0 Å². The molecule has 31 heavy (non-hydrogen) atoms. The number of rotatable bonds is 4. The van der Waals surface area contributed by atoms with Crippen molar-refractivity contribution in [3.63, 3.8) is 0 Å². The third kappa shape index (κ3) is 6.00. The second-order valence-corrected chi connectivity index (χ2v) is 8.42. The van der Waals surface area contributed by atoms with Gasteiger partial charge in [-0.05, 0) is 61.5 Å². The van der Waals surface area contributed by atoms with Crippen LogP contribution in [0.2, 0.25) is 0 Å². The van der Waals surface area contributed by atoms with Crippen molar-refractivity contribution in [2.75, 3.05) is 10.6 Å². The highest BCUT2D eigenvalue weighted by atomic mass is 19.1. The molecule has 1 saturated carbocycles. The number of allylic oxidation sites excluding steroid dienone is 5. The molecule has 2 aliphatic rings. The predicted molar refractivity (Wildman–Crippen MR) is 136 cm³/mol. The van der Waals surface area contributed by atoms with Gasteiger partial charge in [0.2, 0.25) is 0 Å². The maximum Gasteiger partial charge on any atom is 0.147 e. The van der Waals surface area contributed by atoms with E-state index in [0.717, 1.165) is 24.1 Å². The summed E-state index contributed by atoms with van der Waals surface area (Å²) in [6.45, 7) is 18.6. The Labute approximate surface area is 188 Å². The van der Waals surface area contributed by atoms with Crippen molar-refractivity contribution in [3.05, 3.63) is 78.3 Å². The largest absolute Gasteiger partial charge is 0.378 e. The van der Waals surface area contributed by atoms with Crippen molar-refractivity contribution in [2.24, 2.45) is 17.8 Å². The Balaban J connectivity index is 0.00000166. The van der Waals surface area contributed by atoms with E-state index in [2.05, 4.69) is 62.8 Å². The fourth-order valence-corrected chi connectivity index (χ4v) is 4.54. The second-order valence-electron chi connectivity index (χ2n) is 8.42. The van der Waals surface area contributed by atoms with E-state index in [9.17, 15) is 4.39 Å². The highest BCUT2D eigenvalue weighted by Crippen LogP contribution is 2.39. The number of hydrogen-bond acceptors (Lipinski definition) is 2. The van der Waals surface area contributed by atoms with Gasteiger partial charge in [-0.25, -0.2) is 4.39 Å². The summed E-state index contributed by atoms with van der Waals surface area (Å²) < 4.78 is 14.4. The van der Waals surface area contributed by atoms with Gasteiger partial charge in [-0.3, -0.25) is 0 Å². The summed E-state index contributed by atoms with van der Waals surface area (Å²) in [4.78, 5) is 0. The maximum absolute atomic E-state index is 14.4. The van der Waals surface area contributed by atoms with E-state index in [-0.39, 0.29) is 11.9 Å². The van der Waals surface area contributed by atoms with Crippen LogP contribution in [0.4, 0.5) is 15.8 Å². The highest BCUT2D eigenvalue weighted by Gasteiger charge is 2.30. The monoisotopic (exact) mass is 422 g/mol. The summed E-state index contributed by atoms with van der Waals surface area (Å²) in [6, 6.07) is 3.53. The normalized spacial score (nSPS) is 26.9. The van der Waals surface area contributed by atoms with Crippen molar-refractivity contribution in [2.45, 2.75) is 59.9 Å². The molecule has 1 aliphatic carbocycles. The number of hydrogen-bond donors (Lipinski definition) is 2. The van der Waals surface area contributed by atoms with E-state index in [1.807, 2.05) is 38.1 Å². The summed E-state index contributed by atoms with van der Waals surface area (Å²) in [5, 5.41) is 6.84. The first-order valence-electron chi connectivity index (χ1n) is 11.6. The minimum Gasteiger partial charge on any atom is -0.378 e. The molecule has 3 rings (SSSR count). The second kappa shape index (κ2) is 11.7.